The molecule has 0 aliphatic heterocycles. The third-order valence-corrected chi connectivity index (χ3v) is 3.22. The molecule has 0 radical (unpaired) electrons. The van der Waals surface area contributed by atoms with Crippen LogP contribution in [0.25, 0.3) is 23.1 Å². The average molecular weight is 274 g/mol. The highest BCUT2D eigenvalue weighted by Crippen LogP contribution is 2.22. The zero-order valence-corrected chi connectivity index (χ0v) is 10.8. The van der Waals surface area contributed by atoms with Gasteiger partial charge in [0.1, 0.15) is 0 Å². The molecular weight excluding hydrogens is 264 g/mol. The largest absolute Gasteiger partial charge is 0.366 e. The van der Waals surface area contributed by atoms with E-state index in [0.717, 1.165) is 5.56 Å². The van der Waals surface area contributed by atoms with Crippen molar-refractivity contribution in [2.45, 2.75) is 4.90 Å². The van der Waals surface area contributed by atoms with E-state index in [1.54, 1.807) is 11.8 Å². The second-order valence-electron chi connectivity index (χ2n) is 3.69. The molecule has 3 aromatic rings. The summed E-state index contributed by atoms with van der Waals surface area (Å²) in [5, 5.41) is 10.2. The van der Waals surface area contributed by atoms with Crippen molar-refractivity contribution in [3.63, 3.8) is 0 Å². The van der Waals surface area contributed by atoms with Crippen molar-refractivity contribution in [1.29, 1.82) is 0 Å². The van der Waals surface area contributed by atoms with Gasteiger partial charge >= 0.3 is 0 Å². The Morgan fingerprint density at radius 1 is 1.21 bits per heavy atom. The first-order valence-corrected chi connectivity index (χ1v) is 6.65. The van der Waals surface area contributed by atoms with E-state index in [1.807, 2.05) is 30.5 Å². The minimum absolute atomic E-state index is 0.138. The molecule has 0 unspecified atom stereocenters. The number of nitrogens with one attached hydrogen (secondary N) is 1. The summed E-state index contributed by atoms with van der Waals surface area (Å²) in [6, 6.07) is 7.88. The van der Waals surface area contributed by atoms with Crippen molar-refractivity contribution in [1.82, 2.24) is 25.3 Å². The number of rotatable bonds is 3. The van der Waals surface area contributed by atoms with Crippen LogP contribution < -0.4 is 5.73 Å². The Balaban J connectivity index is 1.91. The fraction of sp³-hybridized carbons (Fsp3) is 0.0909. The van der Waals surface area contributed by atoms with E-state index in [4.69, 9.17) is 10.3 Å². The molecular formula is C11H10N6OS. The number of anilines is 1. The molecule has 7 nitrogen and oxygen atoms in total. The van der Waals surface area contributed by atoms with Gasteiger partial charge in [0.25, 0.3) is 5.89 Å². The monoisotopic (exact) mass is 274 g/mol. The Morgan fingerprint density at radius 2 is 2.00 bits per heavy atom. The van der Waals surface area contributed by atoms with Gasteiger partial charge in [0.15, 0.2) is 0 Å². The number of nitrogens with zero attached hydrogens (tertiary/aromatic N) is 4. The third kappa shape index (κ3) is 2.29. The van der Waals surface area contributed by atoms with Crippen molar-refractivity contribution in [2.75, 3.05) is 12.0 Å². The Kier molecular flexibility index (Phi) is 2.92. The van der Waals surface area contributed by atoms with Gasteiger partial charge in [0, 0.05) is 10.5 Å². The van der Waals surface area contributed by atoms with Gasteiger partial charge in [-0.3, -0.25) is 5.10 Å². The van der Waals surface area contributed by atoms with Crippen molar-refractivity contribution >= 4 is 17.7 Å². The summed E-state index contributed by atoms with van der Waals surface area (Å²) in [6.45, 7) is 0. The fourth-order valence-electron chi connectivity index (χ4n) is 1.55. The molecule has 3 rings (SSSR count). The number of thioether (sulfide) groups is 1. The van der Waals surface area contributed by atoms with Gasteiger partial charge in [-0.2, -0.15) is 9.97 Å². The number of aromatic nitrogens is 5. The average Bonchev–Trinajstić information content (AvgIpc) is 3.07. The molecule has 0 amide bonds. The van der Waals surface area contributed by atoms with E-state index in [9.17, 15) is 0 Å². The number of H-pyrrole nitrogens is 1. The molecule has 19 heavy (non-hydrogen) atoms. The molecule has 2 heterocycles. The van der Waals surface area contributed by atoms with Gasteiger partial charge in [-0.05, 0) is 30.5 Å². The number of hydrogen-bond acceptors (Lipinski definition) is 7. The first-order chi connectivity index (χ1) is 9.26. The van der Waals surface area contributed by atoms with Crippen LogP contribution >= 0.6 is 11.8 Å². The molecule has 0 atom stereocenters. The molecule has 0 aliphatic rings. The van der Waals surface area contributed by atoms with Crippen molar-refractivity contribution in [2.24, 2.45) is 0 Å². The number of aromatic amines is 1. The Morgan fingerprint density at radius 3 is 2.63 bits per heavy atom. The highest BCUT2D eigenvalue weighted by Gasteiger charge is 2.13. The van der Waals surface area contributed by atoms with Crippen molar-refractivity contribution < 1.29 is 4.52 Å². The Labute approximate surface area is 112 Å². The molecule has 0 fully saturated rings. The van der Waals surface area contributed by atoms with Crippen LogP contribution in [0.4, 0.5) is 5.95 Å². The summed E-state index contributed by atoms with van der Waals surface area (Å²) in [6.07, 6.45) is 2.02. The number of nitrogens with two attached hydrogens (primary N) is 1. The van der Waals surface area contributed by atoms with Gasteiger partial charge in [-0.15, -0.1) is 16.9 Å². The van der Waals surface area contributed by atoms with Crippen LogP contribution in [0.5, 0.6) is 0 Å². The molecule has 0 saturated carbocycles. The van der Waals surface area contributed by atoms with Crippen LogP contribution in [0.15, 0.2) is 33.7 Å². The minimum Gasteiger partial charge on any atom is -0.366 e. The Hall–Kier alpha value is -2.35. The molecule has 2 aromatic heterocycles. The van der Waals surface area contributed by atoms with E-state index >= 15 is 0 Å². The van der Waals surface area contributed by atoms with Gasteiger partial charge in [0.05, 0.1) is 0 Å². The lowest BCUT2D eigenvalue weighted by Crippen LogP contribution is -1.85. The second kappa shape index (κ2) is 4.73. The Bertz CT molecular complexity index is 689. The van der Waals surface area contributed by atoms with Crippen LogP contribution in [-0.4, -0.2) is 31.6 Å². The topological polar surface area (TPSA) is 107 Å². The quantitative estimate of drug-likeness (QED) is 0.701. The number of benzene rings is 1. The minimum atomic E-state index is 0.138. The molecule has 0 bridgehead atoms. The maximum atomic E-state index is 5.42. The zero-order valence-electron chi connectivity index (χ0n) is 9.99. The number of nitrogen functional groups attached to an aromatic ring is 1. The normalized spacial score (nSPS) is 10.8. The van der Waals surface area contributed by atoms with Crippen LogP contribution in [-0.2, 0) is 0 Å². The summed E-state index contributed by atoms with van der Waals surface area (Å²) in [5.74, 6) is 1.25. The van der Waals surface area contributed by atoms with Gasteiger partial charge < -0.3 is 10.3 Å². The first kappa shape index (κ1) is 11.7. The SMILES string of the molecule is CSc1ccc(-c2noc(-c3nc(N)n[nH]3)n2)cc1. The van der Waals surface area contributed by atoms with Crippen LogP contribution in [0, 0.1) is 0 Å². The molecule has 0 spiro atoms. The summed E-state index contributed by atoms with van der Waals surface area (Å²) in [7, 11) is 0. The molecule has 1 aromatic carbocycles. The molecule has 3 N–H and O–H groups in total. The fourth-order valence-corrected chi connectivity index (χ4v) is 1.96. The maximum Gasteiger partial charge on any atom is 0.295 e. The molecule has 8 heteroatoms. The lowest BCUT2D eigenvalue weighted by atomic mass is 10.2. The molecule has 0 aliphatic carbocycles. The van der Waals surface area contributed by atoms with E-state index in [1.165, 1.54) is 4.90 Å². The standard InChI is InChI=1S/C11H10N6OS/c1-19-7-4-2-6(3-5-7)8-13-10(18-17-8)9-14-11(12)16-15-9/h2-5H,1H3,(H3,12,14,15,16). The lowest BCUT2D eigenvalue weighted by molar-refractivity contribution is 0.429. The summed E-state index contributed by atoms with van der Waals surface area (Å²) in [4.78, 5) is 9.35. The lowest BCUT2D eigenvalue weighted by Gasteiger charge is -1.96. The predicted octanol–water partition coefficient (Wildman–Crippen LogP) is 1.83. The van der Waals surface area contributed by atoms with Gasteiger partial charge in [0.2, 0.25) is 17.6 Å². The summed E-state index contributed by atoms with van der Waals surface area (Å²) in [5.41, 5.74) is 6.30. The first-order valence-electron chi connectivity index (χ1n) is 5.42. The highest BCUT2D eigenvalue weighted by atomic mass is 32.2. The van der Waals surface area contributed by atoms with Crippen LogP contribution in [0.2, 0.25) is 0 Å². The van der Waals surface area contributed by atoms with Gasteiger partial charge in [-0.1, -0.05) is 5.16 Å². The predicted molar refractivity (Wildman–Crippen MR) is 71.3 cm³/mol. The van der Waals surface area contributed by atoms with Crippen LogP contribution in [0.3, 0.4) is 0 Å². The van der Waals surface area contributed by atoms with Crippen molar-refractivity contribution in [3.8, 4) is 23.1 Å². The summed E-state index contributed by atoms with van der Waals surface area (Å²) < 4.78 is 5.12. The molecule has 0 saturated heterocycles. The summed E-state index contributed by atoms with van der Waals surface area (Å²) >= 11 is 1.68. The second-order valence-corrected chi connectivity index (χ2v) is 4.57. The van der Waals surface area contributed by atoms with E-state index in [2.05, 4.69) is 25.3 Å². The molecule has 96 valence electrons. The zero-order chi connectivity index (χ0) is 13.2. The van der Waals surface area contributed by atoms with E-state index in [-0.39, 0.29) is 11.8 Å². The smallest absolute Gasteiger partial charge is 0.295 e. The van der Waals surface area contributed by atoms with E-state index < -0.39 is 0 Å². The maximum absolute atomic E-state index is 5.42. The van der Waals surface area contributed by atoms with Gasteiger partial charge in [-0.25, -0.2) is 0 Å². The van der Waals surface area contributed by atoms with Crippen molar-refractivity contribution in [3.05, 3.63) is 24.3 Å². The highest BCUT2D eigenvalue weighted by molar-refractivity contribution is 7.98. The van der Waals surface area contributed by atoms with E-state index in [0.29, 0.717) is 11.6 Å². The third-order valence-electron chi connectivity index (χ3n) is 2.48. The van der Waals surface area contributed by atoms with Crippen LogP contribution in [0.1, 0.15) is 0 Å². The number of hydrogen-bond donors (Lipinski definition) is 2.